The van der Waals surface area contributed by atoms with Gasteiger partial charge in [-0.25, -0.2) is 4.98 Å². The first-order chi connectivity index (χ1) is 18.9. The van der Waals surface area contributed by atoms with Crippen molar-refractivity contribution in [2.75, 3.05) is 20.8 Å². The molecule has 3 aromatic carbocycles. The number of aromatic nitrogens is 2. The van der Waals surface area contributed by atoms with E-state index in [2.05, 4.69) is 22.3 Å². The highest BCUT2D eigenvalue weighted by atomic mass is 35.5. The van der Waals surface area contributed by atoms with Gasteiger partial charge in [0.05, 0.1) is 31.5 Å². The predicted molar refractivity (Wildman–Crippen MR) is 157 cm³/mol. The van der Waals surface area contributed by atoms with Crippen molar-refractivity contribution >= 4 is 41.3 Å². The van der Waals surface area contributed by atoms with Crippen LogP contribution in [-0.4, -0.2) is 36.3 Å². The van der Waals surface area contributed by atoms with E-state index in [1.165, 1.54) is 7.11 Å². The molecule has 202 valence electrons. The third-order valence-corrected chi connectivity index (χ3v) is 6.75. The second-order valence-electron chi connectivity index (χ2n) is 8.74. The molecule has 0 aliphatic carbocycles. The fourth-order valence-electron chi connectivity index (χ4n) is 4.10. The van der Waals surface area contributed by atoms with Crippen LogP contribution in [0.4, 0.5) is 0 Å². The lowest BCUT2D eigenvalue weighted by Crippen LogP contribution is -2.04. The summed E-state index contributed by atoms with van der Waals surface area (Å²) in [4.78, 5) is 16.1. The van der Waals surface area contributed by atoms with Crippen molar-refractivity contribution < 1.29 is 19.0 Å². The summed E-state index contributed by atoms with van der Waals surface area (Å²) in [6, 6.07) is 19.3. The van der Waals surface area contributed by atoms with Gasteiger partial charge in [-0.05, 0) is 79.1 Å². The molecule has 0 bridgehead atoms. The van der Waals surface area contributed by atoms with Gasteiger partial charge in [0.1, 0.15) is 17.3 Å². The lowest BCUT2D eigenvalue weighted by atomic mass is 10.0. The van der Waals surface area contributed by atoms with Gasteiger partial charge >= 0.3 is 5.97 Å². The van der Waals surface area contributed by atoms with Gasteiger partial charge in [0.25, 0.3) is 0 Å². The van der Waals surface area contributed by atoms with E-state index < -0.39 is 0 Å². The van der Waals surface area contributed by atoms with E-state index in [0.717, 1.165) is 51.8 Å². The molecule has 0 radical (unpaired) electrons. The Morgan fingerprint density at radius 3 is 2.44 bits per heavy atom. The van der Waals surface area contributed by atoms with Crippen LogP contribution < -0.4 is 9.47 Å². The van der Waals surface area contributed by atoms with Gasteiger partial charge < -0.3 is 18.8 Å². The third-order valence-electron chi connectivity index (χ3n) is 6.21. The molecule has 6 nitrogen and oxygen atoms in total. The number of halogens is 2. The first kappa shape index (κ1) is 28.3. The number of carbonyl (C=O) groups is 1. The van der Waals surface area contributed by atoms with Crippen LogP contribution >= 0.6 is 23.2 Å². The van der Waals surface area contributed by atoms with E-state index in [1.807, 2.05) is 66.9 Å². The second-order valence-corrected chi connectivity index (χ2v) is 9.58. The summed E-state index contributed by atoms with van der Waals surface area (Å²) in [6.07, 6.45) is 6.91. The molecular weight excluding hydrogens is 535 g/mol. The predicted octanol–water partition coefficient (Wildman–Crippen LogP) is 8.05. The molecule has 0 fully saturated rings. The van der Waals surface area contributed by atoms with Gasteiger partial charge in [-0.3, -0.25) is 4.79 Å². The summed E-state index contributed by atoms with van der Waals surface area (Å²) < 4.78 is 18.1. The lowest BCUT2D eigenvalue weighted by Gasteiger charge is -2.10. The topological polar surface area (TPSA) is 62.6 Å². The Balaban J connectivity index is 1.53. The van der Waals surface area contributed by atoms with Crippen LogP contribution in [0, 0.1) is 0 Å². The zero-order valence-corrected chi connectivity index (χ0v) is 23.6. The zero-order valence-electron chi connectivity index (χ0n) is 22.1. The number of nitrogens with zero attached hydrogens (tertiary/aromatic N) is 2. The molecule has 0 saturated carbocycles. The SMILES string of the molecule is CCn1cc(-c2ccc(Cl)cc2Cl)nc1/C=C/c1cc(-c2ccc(OCCCC(=O)OC)cc2)ccc1OC. The molecule has 0 atom stereocenters. The van der Waals surface area contributed by atoms with Gasteiger partial charge in [-0.1, -0.05) is 41.4 Å². The minimum Gasteiger partial charge on any atom is -0.496 e. The summed E-state index contributed by atoms with van der Waals surface area (Å²) in [5, 5.41) is 1.15. The number of benzene rings is 3. The Morgan fingerprint density at radius 2 is 1.74 bits per heavy atom. The molecule has 0 aliphatic heterocycles. The Bertz CT molecular complexity index is 1460. The summed E-state index contributed by atoms with van der Waals surface area (Å²) >= 11 is 12.5. The maximum absolute atomic E-state index is 11.2. The lowest BCUT2D eigenvalue weighted by molar-refractivity contribution is -0.140. The van der Waals surface area contributed by atoms with Crippen molar-refractivity contribution in [2.45, 2.75) is 26.3 Å². The molecule has 1 aromatic heterocycles. The van der Waals surface area contributed by atoms with Crippen LogP contribution in [0.1, 0.15) is 31.2 Å². The number of ether oxygens (including phenoxy) is 3. The molecular formula is C31H30Cl2N2O4. The van der Waals surface area contributed by atoms with Crippen LogP contribution in [0.2, 0.25) is 10.0 Å². The first-order valence-electron chi connectivity index (χ1n) is 12.6. The summed E-state index contributed by atoms with van der Waals surface area (Å²) in [5.41, 5.74) is 4.63. The highest BCUT2D eigenvalue weighted by Gasteiger charge is 2.11. The molecule has 4 rings (SSSR count). The third kappa shape index (κ3) is 7.22. The van der Waals surface area contributed by atoms with Gasteiger partial charge in [-0.2, -0.15) is 0 Å². The Morgan fingerprint density at radius 1 is 0.974 bits per heavy atom. The quantitative estimate of drug-likeness (QED) is 0.136. The van der Waals surface area contributed by atoms with Gasteiger partial charge in [0, 0.05) is 35.3 Å². The maximum atomic E-state index is 11.2. The van der Waals surface area contributed by atoms with Gasteiger partial charge in [-0.15, -0.1) is 0 Å². The normalized spacial score (nSPS) is 11.1. The Kier molecular flexibility index (Phi) is 9.69. The minimum absolute atomic E-state index is 0.233. The molecule has 0 amide bonds. The molecule has 4 aromatic rings. The maximum Gasteiger partial charge on any atom is 0.305 e. The van der Waals surface area contributed by atoms with Crippen LogP contribution in [0.3, 0.4) is 0 Å². The average Bonchev–Trinajstić information content (AvgIpc) is 3.37. The number of hydrogen-bond acceptors (Lipinski definition) is 5. The standard InChI is InChI=1S/C31H30Cl2N2O4/c1-4-35-20-28(26-14-11-24(32)19-27(26)33)34-30(35)16-10-23-18-22(9-15-29(23)37-2)21-7-12-25(13-8-21)39-17-5-6-31(36)38-3/h7-16,18-20H,4-6,17H2,1-3H3/b16-10+. The van der Waals surface area contributed by atoms with E-state index in [9.17, 15) is 4.79 Å². The number of carbonyl (C=O) groups excluding carboxylic acids is 1. The number of aryl methyl sites for hydroxylation is 1. The first-order valence-corrected chi connectivity index (χ1v) is 13.4. The number of rotatable bonds is 11. The molecule has 8 heteroatoms. The molecule has 0 aliphatic rings. The highest BCUT2D eigenvalue weighted by molar-refractivity contribution is 6.36. The van der Waals surface area contributed by atoms with Gasteiger partial charge in [0.15, 0.2) is 0 Å². The Labute approximate surface area is 238 Å². The number of imidazole rings is 1. The monoisotopic (exact) mass is 564 g/mol. The van der Waals surface area contributed by atoms with Crippen molar-refractivity contribution in [3.63, 3.8) is 0 Å². The number of methoxy groups -OCH3 is 2. The van der Waals surface area contributed by atoms with Gasteiger partial charge in [0.2, 0.25) is 0 Å². The van der Waals surface area contributed by atoms with E-state index in [1.54, 1.807) is 13.2 Å². The van der Waals surface area contributed by atoms with E-state index in [-0.39, 0.29) is 5.97 Å². The Hall–Kier alpha value is -3.74. The van der Waals surface area contributed by atoms with E-state index in [4.69, 9.17) is 37.7 Å². The molecule has 0 saturated heterocycles. The smallest absolute Gasteiger partial charge is 0.305 e. The molecule has 0 spiro atoms. The molecule has 39 heavy (non-hydrogen) atoms. The number of hydrogen-bond donors (Lipinski definition) is 0. The largest absolute Gasteiger partial charge is 0.496 e. The average molecular weight is 565 g/mol. The summed E-state index contributed by atoms with van der Waals surface area (Å²) in [7, 11) is 3.05. The molecule has 0 N–H and O–H groups in total. The van der Waals surface area contributed by atoms with E-state index in [0.29, 0.717) is 29.5 Å². The van der Waals surface area contributed by atoms with Crippen molar-refractivity contribution in [1.29, 1.82) is 0 Å². The zero-order chi connectivity index (χ0) is 27.8. The minimum atomic E-state index is -0.233. The summed E-state index contributed by atoms with van der Waals surface area (Å²) in [6.45, 7) is 3.28. The second kappa shape index (κ2) is 13.4. The number of esters is 1. The van der Waals surface area contributed by atoms with Crippen molar-refractivity contribution in [1.82, 2.24) is 9.55 Å². The summed E-state index contributed by atoms with van der Waals surface area (Å²) in [5.74, 6) is 2.08. The fraction of sp³-hybridized carbons (Fsp3) is 0.226. The fourth-order valence-corrected chi connectivity index (χ4v) is 4.61. The van der Waals surface area contributed by atoms with Crippen molar-refractivity contribution in [2.24, 2.45) is 0 Å². The van der Waals surface area contributed by atoms with Crippen molar-refractivity contribution in [3.05, 3.63) is 88.3 Å². The molecule has 0 unspecified atom stereocenters. The van der Waals surface area contributed by atoms with Crippen LogP contribution in [0.25, 0.3) is 34.5 Å². The highest BCUT2D eigenvalue weighted by Crippen LogP contribution is 2.32. The van der Waals surface area contributed by atoms with Crippen molar-refractivity contribution in [3.8, 4) is 33.9 Å². The van der Waals surface area contributed by atoms with E-state index >= 15 is 0 Å². The van der Waals surface area contributed by atoms with Crippen LogP contribution in [0.15, 0.2) is 66.9 Å². The van der Waals surface area contributed by atoms with Crippen LogP contribution in [-0.2, 0) is 16.1 Å². The molecule has 1 heterocycles. The van der Waals surface area contributed by atoms with Crippen LogP contribution in [0.5, 0.6) is 11.5 Å².